The van der Waals surface area contributed by atoms with E-state index in [4.69, 9.17) is 0 Å². The van der Waals surface area contributed by atoms with E-state index < -0.39 is 0 Å². The molecule has 1 aliphatic heterocycles. The number of hydrogen-bond acceptors (Lipinski definition) is 6. The van der Waals surface area contributed by atoms with Gasteiger partial charge in [-0.1, -0.05) is 41.7 Å². The molecule has 4 rings (SSSR count). The van der Waals surface area contributed by atoms with Crippen LogP contribution in [0.4, 0.5) is 0 Å². The first-order valence-electron chi connectivity index (χ1n) is 6.46. The van der Waals surface area contributed by atoms with Gasteiger partial charge in [-0.25, -0.2) is 9.97 Å². The van der Waals surface area contributed by atoms with Gasteiger partial charge in [0.1, 0.15) is 10.1 Å². The molecule has 0 radical (unpaired) electrons. The third kappa shape index (κ3) is 2.59. The number of fused-ring (bicyclic) bond motifs is 2. The summed E-state index contributed by atoms with van der Waals surface area (Å²) in [6.45, 7) is 0. The summed E-state index contributed by atoms with van der Waals surface area (Å²) >= 11 is 4.80. The summed E-state index contributed by atoms with van der Waals surface area (Å²) in [5.41, 5.74) is 1.82. The first kappa shape index (κ1) is 13.3. The standard InChI is InChI=1S/C15H10N2OS3/c18-11(12-6-3-7-19-12)8-13-20-14-15(21-13)17-10-5-2-1-4-9(10)16-14/h1-7,13H,8H2. The van der Waals surface area contributed by atoms with Gasteiger partial charge in [-0.2, -0.15) is 0 Å². The predicted octanol–water partition coefficient (Wildman–Crippen LogP) is 4.49. The van der Waals surface area contributed by atoms with E-state index in [1.807, 2.05) is 41.8 Å². The summed E-state index contributed by atoms with van der Waals surface area (Å²) in [5.74, 6) is 0.201. The van der Waals surface area contributed by atoms with Gasteiger partial charge < -0.3 is 0 Å². The summed E-state index contributed by atoms with van der Waals surface area (Å²) in [7, 11) is 0. The van der Waals surface area contributed by atoms with Crippen LogP contribution in [0, 0.1) is 0 Å². The Balaban J connectivity index is 1.56. The van der Waals surface area contributed by atoms with Crippen LogP contribution in [0.2, 0.25) is 0 Å². The number of thiophene rings is 1. The molecule has 0 spiro atoms. The number of Topliss-reactive ketones (excluding diaryl/α,β-unsaturated/α-hetero) is 1. The van der Waals surface area contributed by atoms with Gasteiger partial charge in [0.25, 0.3) is 0 Å². The van der Waals surface area contributed by atoms with Gasteiger partial charge in [-0.15, -0.1) is 11.3 Å². The molecule has 0 saturated heterocycles. The average Bonchev–Trinajstić information content (AvgIpc) is 3.13. The first-order chi connectivity index (χ1) is 10.3. The number of thioether (sulfide) groups is 2. The lowest BCUT2D eigenvalue weighted by molar-refractivity contribution is 0.0991. The van der Waals surface area contributed by atoms with Crippen molar-refractivity contribution >= 4 is 51.7 Å². The zero-order valence-corrected chi connectivity index (χ0v) is 13.3. The molecule has 1 aliphatic rings. The number of aromatic nitrogens is 2. The number of rotatable bonds is 3. The predicted molar refractivity (Wildman–Crippen MR) is 88.3 cm³/mol. The molecule has 3 aromatic rings. The van der Waals surface area contributed by atoms with Crippen LogP contribution in [0.15, 0.2) is 51.8 Å². The Morgan fingerprint density at radius 3 is 2.24 bits per heavy atom. The molecule has 0 bridgehead atoms. The third-order valence-electron chi connectivity index (χ3n) is 3.14. The Morgan fingerprint density at radius 1 is 1.00 bits per heavy atom. The van der Waals surface area contributed by atoms with E-state index in [-0.39, 0.29) is 10.4 Å². The zero-order valence-electron chi connectivity index (χ0n) is 10.9. The molecule has 0 N–H and O–H groups in total. The van der Waals surface area contributed by atoms with Crippen LogP contribution in [-0.4, -0.2) is 20.3 Å². The summed E-state index contributed by atoms with van der Waals surface area (Å²) in [4.78, 5) is 22.3. The molecule has 0 atom stereocenters. The summed E-state index contributed by atoms with van der Waals surface area (Å²) in [6.07, 6.45) is 0.518. The minimum absolute atomic E-state index is 0.173. The Kier molecular flexibility index (Phi) is 3.45. The van der Waals surface area contributed by atoms with E-state index >= 15 is 0 Å². The number of ketones is 1. The van der Waals surface area contributed by atoms with E-state index in [9.17, 15) is 4.79 Å². The van der Waals surface area contributed by atoms with E-state index in [2.05, 4.69) is 9.97 Å². The van der Waals surface area contributed by atoms with Gasteiger partial charge in [0.2, 0.25) is 0 Å². The molecular formula is C15H10N2OS3. The smallest absolute Gasteiger partial charge is 0.174 e. The molecule has 3 heterocycles. The van der Waals surface area contributed by atoms with Gasteiger partial charge in [-0.3, -0.25) is 4.79 Å². The minimum Gasteiger partial charge on any atom is -0.293 e. The maximum absolute atomic E-state index is 12.2. The fourth-order valence-electron chi connectivity index (χ4n) is 2.17. The van der Waals surface area contributed by atoms with E-state index in [1.165, 1.54) is 11.3 Å². The molecule has 0 fully saturated rings. The maximum atomic E-state index is 12.2. The lowest BCUT2D eigenvalue weighted by Gasteiger charge is -2.04. The Bertz CT molecular complexity index is 772. The molecule has 3 nitrogen and oxygen atoms in total. The summed E-state index contributed by atoms with van der Waals surface area (Å²) < 4.78 is 0.173. The van der Waals surface area contributed by atoms with Crippen molar-refractivity contribution in [3.63, 3.8) is 0 Å². The minimum atomic E-state index is 0.173. The molecule has 104 valence electrons. The van der Waals surface area contributed by atoms with Gasteiger partial charge in [0.15, 0.2) is 5.78 Å². The topological polar surface area (TPSA) is 42.9 Å². The second kappa shape index (κ2) is 5.44. The van der Waals surface area contributed by atoms with Crippen LogP contribution >= 0.6 is 34.9 Å². The quantitative estimate of drug-likeness (QED) is 0.662. The van der Waals surface area contributed by atoms with Crippen molar-refractivity contribution in [2.75, 3.05) is 0 Å². The molecular weight excluding hydrogens is 320 g/mol. The molecule has 6 heteroatoms. The number of hydrogen-bond donors (Lipinski definition) is 0. The van der Waals surface area contributed by atoms with Crippen molar-refractivity contribution in [2.24, 2.45) is 0 Å². The van der Waals surface area contributed by atoms with Crippen LogP contribution in [0.1, 0.15) is 16.1 Å². The third-order valence-corrected chi connectivity index (χ3v) is 6.64. The second-order valence-corrected chi connectivity index (χ2v) is 8.22. The van der Waals surface area contributed by atoms with Gasteiger partial charge >= 0.3 is 0 Å². The van der Waals surface area contributed by atoms with Crippen molar-refractivity contribution in [3.05, 3.63) is 46.7 Å². The number of benzene rings is 1. The fourth-order valence-corrected chi connectivity index (χ4v) is 5.43. The Labute approximate surface area is 134 Å². The van der Waals surface area contributed by atoms with Gasteiger partial charge in [0.05, 0.1) is 20.5 Å². The van der Waals surface area contributed by atoms with Crippen LogP contribution in [0.25, 0.3) is 11.0 Å². The number of carbonyl (C=O) groups is 1. The molecule has 21 heavy (non-hydrogen) atoms. The molecule has 2 aromatic heterocycles. The fraction of sp³-hybridized carbons (Fsp3) is 0.133. The lowest BCUT2D eigenvalue weighted by Crippen LogP contribution is -2.03. The van der Waals surface area contributed by atoms with Crippen LogP contribution in [-0.2, 0) is 0 Å². The van der Waals surface area contributed by atoms with Crippen molar-refractivity contribution in [2.45, 2.75) is 21.1 Å². The van der Waals surface area contributed by atoms with Crippen molar-refractivity contribution in [3.8, 4) is 0 Å². The molecule has 0 aliphatic carbocycles. The normalized spacial score (nSPS) is 14.5. The summed E-state index contributed by atoms with van der Waals surface area (Å²) in [5, 5.41) is 3.83. The van der Waals surface area contributed by atoms with Crippen LogP contribution < -0.4 is 0 Å². The monoisotopic (exact) mass is 330 g/mol. The molecule has 0 saturated carbocycles. The molecule has 0 unspecified atom stereocenters. The molecule has 0 amide bonds. The highest BCUT2D eigenvalue weighted by atomic mass is 32.2. The van der Waals surface area contributed by atoms with E-state index in [0.717, 1.165) is 26.0 Å². The Hall–Kier alpha value is -1.37. The van der Waals surface area contributed by atoms with Crippen LogP contribution in [0.3, 0.4) is 0 Å². The first-order valence-corrected chi connectivity index (χ1v) is 9.10. The number of para-hydroxylation sites is 2. The highest BCUT2D eigenvalue weighted by Gasteiger charge is 2.28. The average molecular weight is 330 g/mol. The number of carbonyl (C=O) groups excluding carboxylic acids is 1. The molecule has 1 aromatic carbocycles. The van der Waals surface area contributed by atoms with Crippen molar-refractivity contribution < 1.29 is 4.79 Å². The highest BCUT2D eigenvalue weighted by Crippen LogP contribution is 2.47. The van der Waals surface area contributed by atoms with Crippen molar-refractivity contribution in [1.82, 2.24) is 9.97 Å². The zero-order chi connectivity index (χ0) is 14.2. The van der Waals surface area contributed by atoms with E-state index in [0.29, 0.717) is 6.42 Å². The second-order valence-electron chi connectivity index (χ2n) is 4.59. The summed E-state index contributed by atoms with van der Waals surface area (Å²) in [6, 6.07) is 11.7. The van der Waals surface area contributed by atoms with Gasteiger partial charge in [0, 0.05) is 6.42 Å². The largest absolute Gasteiger partial charge is 0.293 e. The highest BCUT2D eigenvalue weighted by molar-refractivity contribution is 8.19. The Morgan fingerprint density at radius 2 is 1.67 bits per heavy atom. The number of nitrogens with zero attached hydrogens (tertiary/aromatic N) is 2. The lowest BCUT2D eigenvalue weighted by atomic mass is 10.2. The van der Waals surface area contributed by atoms with Crippen molar-refractivity contribution in [1.29, 1.82) is 0 Å². The SMILES string of the molecule is O=C(CC1Sc2nc3ccccc3nc2S1)c1cccs1. The van der Waals surface area contributed by atoms with Crippen LogP contribution in [0.5, 0.6) is 0 Å². The van der Waals surface area contributed by atoms with E-state index in [1.54, 1.807) is 23.5 Å². The maximum Gasteiger partial charge on any atom is 0.174 e. The van der Waals surface area contributed by atoms with Gasteiger partial charge in [-0.05, 0) is 23.6 Å².